The standard InChI is InChI=1S/C29H47N7O/c1-20-15-25(22(16-30)26(32-5)35-20)36-14-7-24(23(17-36)21(2)31)33-19-28-8-11-29(12-9-28,13-10-28)34-18-27(3,4)37-6/h15-16,30-31,33-34H,7-14,17-19H2,1-6H3,(H,32,35). The molecule has 5 rings (SSSR count). The number of pyridine rings is 1. The second kappa shape index (κ2) is 10.7. The molecule has 2 heterocycles. The van der Waals surface area contributed by atoms with Gasteiger partial charge in [0.25, 0.3) is 0 Å². The van der Waals surface area contributed by atoms with E-state index >= 15 is 0 Å². The fourth-order valence-electron chi connectivity index (χ4n) is 6.33. The zero-order chi connectivity index (χ0) is 26.8. The van der Waals surface area contributed by atoms with Gasteiger partial charge in [-0.3, -0.25) is 0 Å². The lowest BCUT2D eigenvalue weighted by atomic mass is 9.57. The largest absolute Gasteiger partial charge is 0.387 e. The van der Waals surface area contributed by atoms with Crippen molar-refractivity contribution in [3.63, 3.8) is 0 Å². The Balaban J connectivity index is 1.43. The minimum atomic E-state index is -0.131. The van der Waals surface area contributed by atoms with E-state index in [4.69, 9.17) is 15.6 Å². The summed E-state index contributed by atoms with van der Waals surface area (Å²) in [4.78, 5) is 6.86. The Kier molecular flexibility index (Phi) is 8.00. The van der Waals surface area contributed by atoms with Gasteiger partial charge in [0.1, 0.15) is 5.82 Å². The van der Waals surface area contributed by atoms with E-state index in [0.29, 0.717) is 17.7 Å². The average molecular weight is 510 g/mol. The molecular weight excluding hydrogens is 462 g/mol. The number of fused-ring (bicyclic) bond motifs is 3. The fourth-order valence-corrected chi connectivity index (χ4v) is 6.33. The molecule has 0 aromatic carbocycles. The molecule has 2 bridgehead atoms. The SMILES string of the molecule is CNc1nc(C)cc(N2CCC(NCC34CCC(NCC(C)(C)OC)(CC3)CC4)=C(C(C)=N)C2)c1C=N. The third kappa shape index (κ3) is 5.85. The van der Waals surface area contributed by atoms with Gasteiger partial charge in [0.2, 0.25) is 0 Å². The van der Waals surface area contributed by atoms with Crippen molar-refractivity contribution in [3.8, 4) is 0 Å². The number of aromatic nitrogens is 1. The lowest BCUT2D eigenvalue weighted by molar-refractivity contribution is -0.0131. The number of hydrogen-bond donors (Lipinski definition) is 5. The minimum Gasteiger partial charge on any atom is -0.387 e. The zero-order valence-electron chi connectivity index (χ0n) is 23.7. The summed E-state index contributed by atoms with van der Waals surface area (Å²) in [5.74, 6) is 0.732. The van der Waals surface area contributed by atoms with Gasteiger partial charge in [0.15, 0.2) is 0 Å². The highest BCUT2D eigenvalue weighted by Gasteiger charge is 2.48. The summed E-state index contributed by atoms with van der Waals surface area (Å²) in [5.41, 5.74) is 6.20. The van der Waals surface area contributed by atoms with Crippen LogP contribution in [0.3, 0.4) is 0 Å². The van der Waals surface area contributed by atoms with Crippen LogP contribution in [0.2, 0.25) is 0 Å². The van der Waals surface area contributed by atoms with Crippen LogP contribution in [-0.2, 0) is 4.74 Å². The van der Waals surface area contributed by atoms with Crippen LogP contribution in [0.15, 0.2) is 17.3 Å². The van der Waals surface area contributed by atoms with Crippen LogP contribution in [0.25, 0.3) is 0 Å². The molecule has 0 spiro atoms. The number of nitrogens with one attached hydrogen (secondary N) is 5. The molecule has 1 aromatic rings. The zero-order valence-corrected chi connectivity index (χ0v) is 23.7. The molecule has 1 aliphatic heterocycles. The lowest BCUT2D eigenvalue weighted by Gasteiger charge is -2.54. The topological polar surface area (TPSA) is 109 Å². The number of ether oxygens (including phenoxy) is 1. The fraction of sp³-hybridized carbons (Fsp3) is 0.690. The first-order chi connectivity index (χ1) is 17.5. The quantitative estimate of drug-likeness (QED) is 0.278. The predicted molar refractivity (Wildman–Crippen MR) is 154 cm³/mol. The molecule has 3 fully saturated rings. The van der Waals surface area contributed by atoms with Crippen LogP contribution in [-0.4, -0.2) is 68.4 Å². The van der Waals surface area contributed by atoms with Gasteiger partial charge >= 0.3 is 0 Å². The van der Waals surface area contributed by atoms with Gasteiger partial charge in [-0.1, -0.05) is 0 Å². The molecule has 1 aromatic heterocycles. The molecule has 0 saturated heterocycles. The molecule has 0 atom stereocenters. The van der Waals surface area contributed by atoms with Gasteiger partial charge in [0, 0.05) is 81.2 Å². The van der Waals surface area contributed by atoms with E-state index in [-0.39, 0.29) is 11.1 Å². The first kappa shape index (κ1) is 27.6. The van der Waals surface area contributed by atoms with Crippen LogP contribution < -0.4 is 20.9 Å². The summed E-state index contributed by atoms with van der Waals surface area (Å²) in [6.07, 6.45) is 9.74. The number of rotatable bonds is 11. The highest BCUT2D eigenvalue weighted by atomic mass is 16.5. The van der Waals surface area contributed by atoms with Gasteiger partial charge in [-0.15, -0.1) is 0 Å². The van der Waals surface area contributed by atoms with Crippen molar-refractivity contribution in [1.82, 2.24) is 15.6 Å². The summed E-state index contributed by atoms with van der Waals surface area (Å²) in [6.45, 7) is 11.6. The molecule has 0 radical (unpaired) electrons. The maximum absolute atomic E-state index is 8.54. The van der Waals surface area contributed by atoms with Crippen molar-refractivity contribution < 1.29 is 4.74 Å². The molecule has 4 aliphatic rings. The molecule has 3 saturated carbocycles. The van der Waals surface area contributed by atoms with Gasteiger partial charge in [0.05, 0.1) is 16.9 Å². The van der Waals surface area contributed by atoms with E-state index in [1.54, 1.807) is 7.11 Å². The first-order valence-electron chi connectivity index (χ1n) is 13.8. The lowest BCUT2D eigenvalue weighted by Crippen LogP contribution is -2.59. The van der Waals surface area contributed by atoms with Crippen molar-refractivity contribution in [3.05, 3.63) is 28.6 Å². The average Bonchev–Trinajstić information content (AvgIpc) is 2.91. The number of anilines is 2. The van der Waals surface area contributed by atoms with Crippen LogP contribution in [0.4, 0.5) is 11.5 Å². The maximum atomic E-state index is 8.54. The Bertz CT molecular complexity index is 1040. The van der Waals surface area contributed by atoms with Crippen molar-refractivity contribution >= 4 is 23.4 Å². The Morgan fingerprint density at radius 1 is 1.22 bits per heavy atom. The van der Waals surface area contributed by atoms with Gasteiger partial charge in [-0.05, 0) is 77.7 Å². The van der Waals surface area contributed by atoms with E-state index in [1.807, 2.05) is 20.9 Å². The summed E-state index contributed by atoms with van der Waals surface area (Å²) in [7, 11) is 3.64. The predicted octanol–water partition coefficient (Wildman–Crippen LogP) is 4.63. The molecular formula is C29H47N7O. The Morgan fingerprint density at radius 3 is 2.46 bits per heavy atom. The molecule has 0 amide bonds. The van der Waals surface area contributed by atoms with Crippen molar-refractivity contribution in [2.45, 2.75) is 83.8 Å². The summed E-state index contributed by atoms with van der Waals surface area (Å²) >= 11 is 0. The monoisotopic (exact) mass is 509 g/mol. The Hall–Kier alpha value is -2.45. The van der Waals surface area contributed by atoms with E-state index in [1.165, 1.54) is 50.4 Å². The van der Waals surface area contributed by atoms with Crippen LogP contribution in [0.1, 0.15) is 77.0 Å². The minimum absolute atomic E-state index is 0.131. The van der Waals surface area contributed by atoms with Crippen LogP contribution in [0.5, 0.6) is 0 Å². The number of methoxy groups -OCH3 is 1. The van der Waals surface area contributed by atoms with E-state index < -0.39 is 0 Å². The third-order valence-corrected chi connectivity index (χ3v) is 9.20. The van der Waals surface area contributed by atoms with Crippen molar-refractivity contribution in [1.29, 1.82) is 10.8 Å². The smallest absolute Gasteiger partial charge is 0.136 e. The van der Waals surface area contributed by atoms with Crippen molar-refractivity contribution in [2.24, 2.45) is 5.41 Å². The molecule has 8 nitrogen and oxygen atoms in total. The van der Waals surface area contributed by atoms with E-state index in [9.17, 15) is 0 Å². The second-order valence-corrected chi connectivity index (χ2v) is 12.1. The van der Waals surface area contributed by atoms with Gasteiger partial charge in [-0.25, -0.2) is 4.98 Å². The Labute approximate surface area is 223 Å². The molecule has 8 heteroatoms. The highest BCUT2D eigenvalue weighted by Crippen LogP contribution is 2.52. The third-order valence-electron chi connectivity index (χ3n) is 9.20. The summed E-state index contributed by atoms with van der Waals surface area (Å²) < 4.78 is 5.64. The molecule has 37 heavy (non-hydrogen) atoms. The second-order valence-electron chi connectivity index (χ2n) is 12.1. The Morgan fingerprint density at radius 2 is 1.89 bits per heavy atom. The number of nitrogens with zero attached hydrogens (tertiary/aromatic N) is 2. The molecule has 3 aliphatic carbocycles. The van der Waals surface area contributed by atoms with Crippen molar-refractivity contribution in [2.75, 3.05) is 50.6 Å². The number of aryl methyl sites for hydroxylation is 1. The van der Waals surface area contributed by atoms with E-state index in [2.05, 4.69) is 45.7 Å². The highest BCUT2D eigenvalue weighted by molar-refractivity contribution is 5.98. The molecule has 5 N–H and O–H groups in total. The normalized spacial score (nSPS) is 25.8. The summed E-state index contributed by atoms with van der Waals surface area (Å²) in [5, 5.41) is 27.4. The number of hydrogen-bond acceptors (Lipinski definition) is 8. The van der Waals surface area contributed by atoms with Gasteiger partial charge in [-0.2, -0.15) is 0 Å². The molecule has 204 valence electrons. The van der Waals surface area contributed by atoms with Gasteiger partial charge < -0.3 is 36.4 Å². The maximum Gasteiger partial charge on any atom is 0.136 e. The van der Waals surface area contributed by atoms with Crippen LogP contribution >= 0.6 is 0 Å². The van der Waals surface area contributed by atoms with Crippen LogP contribution in [0, 0.1) is 23.2 Å². The van der Waals surface area contributed by atoms with E-state index in [0.717, 1.165) is 54.4 Å². The summed E-state index contributed by atoms with van der Waals surface area (Å²) in [6, 6.07) is 2.06. The first-order valence-corrected chi connectivity index (χ1v) is 13.8. The molecule has 0 unspecified atom stereocenters.